The molecule has 128 valence electrons. The maximum absolute atomic E-state index is 14.2. The third kappa shape index (κ3) is 3.45. The first-order chi connectivity index (χ1) is 11.5. The molecular formula is C18H23FN4O. The maximum atomic E-state index is 14.2. The fraction of sp³-hybridized carbons (Fsp3) is 0.556. The molecule has 0 aromatic heterocycles. The normalized spacial score (nSPS) is 19.5. The van der Waals surface area contributed by atoms with Gasteiger partial charge >= 0.3 is 0 Å². The van der Waals surface area contributed by atoms with Crippen LogP contribution < -0.4 is 15.5 Å². The highest BCUT2D eigenvalue weighted by molar-refractivity contribution is 5.84. The van der Waals surface area contributed by atoms with Crippen LogP contribution in [0.3, 0.4) is 0 Å². The number of nitriles is 1. The number of anilines is 2. The topological polar surface area (TPSA) is 68.2 Å². The summed E-state index contributed by atoms with van der Waals surface area (Å²) in [6, 6.07) is 7.15. The van der Waals surface area contributed by atoms with Gasteiger partial charge in [0.25, 0.3) is 0 Å². The summed E-state index contributed by atoms with van der Waals surface area (Å²) in [5.74, 6) is -0.431. The van der Waals surface area contributed by atoms with E-state index in [0.29, 0.717) is 5.69 Å². The molecule has 0 spiro atoms. The Morgan fingerprint density at radius 2 is 2.12 bits per heavy atom. The van der Waals surface area contributed by atoms with Crippen molar-refractivity contribution < 1.29 is 9.18 Å². The molecule has 1 aliphatic carbocycles. The Labute approximate surface area is 141 Å². The zero-order valence-corrected chi connectivity index (χ0v) is 13.9. The molecule has 1 heterocycles. The van der Waals surface area contributed by atoms with Crippen molar-refractivity contribution in [1.82, 2.24) is 5.32 Å². The lowest BCUT2D eigenvalue weighted by Gasteiger charge is -2.24. The van der Waals surface area contributed by atoms with Crippen LogP contribution in [0, 0.1) is 23.1 Å². The lowest BCUT2D eigenvalue weighted by atomic mass is 9.98. The summed E-state index contributed by atoms with van der Waals surface area (Å²) >= 11 is 0. The van der Waals surface area contributed by atoms with E-state index in [1.807, 2.05) is 6.07 Å². The molecule has 1 atom stereocenters. The molecule has 1 saturated carbocycles. The monoisotopic (exact) mass is 330 g/mol. The van der Waals surface area contributed by atoms with E-state index in [9.17, 15) is 14.4 Å². The first-order valence-corrected chi connectivity index (χ1v) is 8.53. The fourth-order valence-corrected chi connectivity index (χ4v) is 3.29. The molecule has 2 fully saturated rings. The zero-order chi connectivity index (χ0) is 17.2. The van der Waals surface area contributed by atoms with E-state index in [4.69, 9.17) is 0 Å². The van der Waals surface area contributed by atoms with Gasteiger partial charge in [-0.25, -0.2) is 4.39 Å². The molecule has 1 aromatic carbocycles. The Hall–Kier alpha value is -2.29. The van der Waals surface area contributed by atoms with Gasteiger partial charge in [0.15, 0.2) is 0 Å². The second kappa shape index (κ2) is 6.68. The molecular weight excluding hydrogens is 307 g/mol. The van der Waals surface area contributed by atoms with E-state index in [0.717, 1.165) is 44.5 Å². The van der Waals surface area contributed by atoms with Gasteiger partial charge in [-0.15, -0.1) is 0 Å². The minimum Gasteiger partial charge on any atom is -0.372 e. The summed E-state index contributed by atoms with van der Waals surface area (Å²) in [7, 11) is 0. The van der Waals surface area contributed by atoms with Gasteiger partial charge in [-0.2, -0.15) is 5.26 Å². The largest absolute Gasteiger partial charge is 0.372 e. The van der Waals surface area contributed by atoms with Crippen LogP contribution in [0.4, 0.5) is 15.8 Å². The van der Waals surface area contributed by atoms with Crippen molar-refractivity contribution in [2.75, 3.05) is 29.9 Å². The number of amides is 1. The first-order valence-electron chi connectivity index (χ1n) is 8.53. The minimum atomic E-state index is -0.828. The Kier molecular flexibility index (Phi) is 4.61. The molecule has 3 rings (SSSR count). The van der Waals surface area contributed by atoms with Gasteiger partial charge in [-0.1, -0.05) is 6.07 Å². The van der Waals surface area contributed by atoms with Gasteiger partial charge in [-0.05, 0) is 50.7 Å². The number of rotatable bonds is 6. The van der Waals surface area contributed by atoms with Crippen molar-refractivity contribution in [2.24, 2.45) is 5.92 Å². The standard InChI is InChI=1S/C18H23FN4O/c1-18(12-20,13-7-8-13)22-16(24)11-21-17-14(19)5-4-6-15(17)23-9-2-3-10-23/h4-6,13,21H,2-3,7-11H2,1H3,(H,22,24)/t18-/m1/s1. The van der Waals surface area contributed by atoms with Crippen LogP contribution in [0.5, 0.6) is 0 Å². The van der Waals surface area contributed by atoms with E-state index < -0.39 is 5.54 Å². The second-order valence-corrected chi connectivity index (χ2v) is 6.82. The fourth-order valence-electron chi connectivity index (χ4n) is 3.29. The number of carbonyl (C=O) groups is 1. The number of hydrogen-bond donors (Lipinski definition) is 2. The third-order valence-electron chi connectivity index (χ3n) is 4.89. The first kappa shape index (κ1) is 16.6. The number of nitrogens with zero attached hydrogens (tertiary/aromatic N) is 2. The van der Waals surface area contributed by atoms with E-state index in [-0.39, 0.29) is 24.2 Å². The second-order valence-electron chi connectivity index (χ2n) is 6.82. The molecule has 1 saturated heterocycles. The van der Waals surface area contributed by atoms with Crippen molar-refractivity contribution >= 4 is 17.3 Å². The van der Waals surface area contributed by atoms with Crippen molar-refractivity contribution in [2.45, 2.75) is 38.1 Å². The van der Waals surface area contributed by atoms with Gasteiger partial charge in [0, 0.05) is 13.1 Å². The van der Waals surface area contributed by atoms with Crippen LogP contribution >= 0.6 is 0 Å². The molecule has 2 N–H and O–H groups in total. The number of halogens is 1. The maximum Gasteiger partial charge on any atom is 0.240 e. The van der Waals surface area contributed by atoms with Crippen molar-refractivity contribution in [3.05, 3.63) is 24.0 Å². The van der Waals surface area contributed by atoms with Crippen LogP contribution in [-0.4, -0.2) is 31.1 Å². The minimum absolute atomic E-state index is 0.0498. The average molecular weight is 330 g/mol. The molecule has 6 heteroatoms. The van der Waals surface area contributed by atoms with Crippen LogP contribution in [0.1, 0.15) is 32.6 Å². The molecule has 1 amide bonds. The molecule has 2 aliphatic rings. The average Bonchev–Trinajstić information content (AvgIpc) is 3.30. The summed E-state index contributed by atoms with van der Waals surface area (Å²) in [5.41, 5.74) is 0.330. The molecule has 5 nitrogen and oxygen atoms in total. The Bertz CT molecular complexity index is 661. The number of nitrogens with one attached hydrogen (secondary N) is 2. The third-order valence-corrected chi connectivity index (χ3v) is 4.89. The van der Waals surface area contributed by atoms with Gasteiger partial charge in [0.05, 0.1) is 24.0 Å². The summed E-state index contributed by atoms with van der Waals surface area (Å²) in [5, 5.41) is 15.0. The van der Waals surface area contributed by atoms with Gasteiger partial charge < -0.3 is 15.5 Å². The molecule has 1 aromatic rings. The van der Waals surface area contributed by atoms with Gasteiger partial charge in [-0.3, -0.25) is 4.79 Å². The predicted octanol–water partition coefficient (Wildman–Crippen LogP) is 2.65. The smallest absolute Gasteiger partial charge is 0.240 e. The van der Waals surface area contributed by atoms with E-state index in [1.54, 1.807) is 13.0 Å². The lowest BCUT2D eigenvalue weighted by molar-refractivity contribution is -0.120. The number of benzene rings is 1. The van der Waals surface area contributed by atoms with E-state index in [1.165, 1.54) is 6.07 Å². The summed E-state index contributed by atoms with van der Waals surface area (Å²) in [6.45, 7) is 3.50. The quantitative estimate of drug-likeness (QED) is 0.841. The molecule has 24 heavy (non-hydrogen) atoms. The molecule has 0 unspecified atom stereocenters. The van der Waals surface area contributed by atoms with Crippen LogP contribution in [-0.2, 0) is 4.79 Å². The molecule has 0 bridgehead atoms. The Morgan fingerprint density at radius 1 is 1.42 bits per heavy atom. The Morgan fingerprint density at radius 3 is 2.75 bits per heavy atom. The highest BCUT2D eigenvalue weighted by atomic mass is 19.1. The highest BCUT2D eigenvalue weighted by Gasteiger charge is 2.42. The summed E-state index contributed by atoms with van der Waals surface area (Å²) < 4.78 is 14.2. The molecule has 1 aliphatic heterocycles. The number of para-hydroxylation sites is 1. The number of carbonyl (C=O) groups excluding carboxylic acids is 1. The van der Waals surface area contributed by atoms with Crippen molar-refractivity contribution in [3.63, 3.8) is 0 Å². The predicted molar refractivity (Wildman–Crippen MR) is 91.2 cm³/mol. The van der Waals surface area contributed by atoms with Crippen LogP contribution in [0.15, 0.2) is 18.2 Å². The van der Waals surface area contributed by atoms with Crippen molar-refractivity contribution in [3.8, 4) is 6.07 Å². The van der Waals surface area contributed by atoms with Crippen LogP contribution in [0.25, 0.3) is 0 Å². The SMILES string of the molecule is C[C@](C#N)(NC(=O)CNc1c(F)cccc1N1CCCC1)C1CC1. The van der Waals surface area contributed by atoms with E-state index >= 15 is 0 Å². The van der Waals surface area contributed by atoms with Crippen LogP contribution in [0.2, 0.25) is 0 Å². The highest BCUT2D eigenvalue weighted by Crippen LogP contribution is 2.39. The Balaban J connectivity index is 1.66. The summed E-state index contributed by atoms with van der Waals surface area (Å²) in [4.78, 5) is 14.3. The zero-order valence-electron chi connectivity index (χ0n) is 13.9. The molecule has 0 radical (unpaired) electrons. The number of hydrogen-bond acceptors (Lipinski definition) is 4. The van der Waals surface area contributed by atoms with Gasteiger partial charge in [0.2, 0.25) is 5.91 Å². The van der Waals surface area contributed by atoms with Gasteiger partial charge in [0.1, 0.15) is 11.4 Å². The summed E-state index contributed by atoms with van der Waals surface area (Å²) in [6.07, 6.45) is 4.12. The van der Waals surface area contributed by atoms with E-state index in [2.05, 4.69) is 21.6 Å². The lowest BCUT2D eigenvalue weighted by Crippen LogP contribution is -2.48. The van der Waals surface area contributed by atoms with Crippen molar-refractivity contribution in [1.29, 1.82) is 5.26 Å².